The van der Waals surface area contributed by atoms with Crippen molar-refractivity contribution >= 4 is 5.97 Å². The van der Waals surface area contributed by atoms with E-state index in [1.165, 1.54) is 30.3 Å². The van der Waals surface area contributed by atoms with E-state index in [0.29, 0.717) is 30.4 Å². The van der Waals surface area contributed by atoms with Gasteiger partial charge in [0.1, 0.15) is 17.3 Å². The summed E-state index contributed by atoms with van der Waals surface area (Å²) in [6.07, 6.45) is 0.931. The standard InChI is InChI=1S/C16H15FO5/c17-11-1-2-13(21-9-10-5-6-20-8-10)12(7-11)14-3-4-15(22-14)16(18)19/h1-4,7,10H,5-6,8-9H2,(H,18,19). The Labute approximate surface area is 126 Å². The van der Waals surface area contributed by atoms with Gasteiger partial charge in [0.25, 0.3) is 0 Å². The molecule has 1 fully saturated rings. The van der Waals surface area contributed by atoms with Crippen molar-refractivity contribution in [2.24, 2.45) is 5.92 Å². The number of hydrogen-bond acceptors (Lipinski definition) is 4. The molecule has 5 nitrogen and oxygen atoms in total. The summed E-state index contributed by atoms with van der Waals surface area (Å²) in [5, 5.41) is 8.90. The smallest absolute Gasteiger partial charge is 0.371 e. The molecule has 0 amide bonds. The van der Waals surface area contributed by atoms with Crippen molar-refractivity contribution in [2.45, 2.75) is 6.42 Å². The highest BCUT2D eigenvalue weighted by atomic mass is 19.1. The van der Waals surface area contributed by atoms with Crippen LogP contribution in [0, 0.1) is 11.7 Å². The molecule has 22 heavy (non-hydrogen) atoms. The number of aromatic carboxylic acids is 1. The van der Waals surface area contributed by atoms with Crippen LogP contribution in [0.15, 0.2) is 34.7 Å². The van der Waals surface area contributed by atoms with Gasteiger partial charge in [-0.25, -0.2) is 9.18 Å². The Balaban J connectivity index is 1.84. The van der Waals surface area contributed by atoms with Crippen LogP contribution in [0.3, 0.4) is 0 Å². The molecule has 1 aromatic heterocycles. The van der Waals surface area contributed by atoms with Gasteiger partial charge in [-0.15, -0.1) is 0 Å². The van der Waals surface area contributed by atoms with Crippen LogP contribution in [-0.2, 0) is 4.74 Å². The number of halogens is 1. The number of furan rings is 1. The largest absolute Gasteiger partial charge is 0.492 e. The fraction of sp³-hybridized carbons (Fsp3) is 0.312. The molecular formula is C16H15FO5. The van der Waals surface area contributed by atoms with Crippen LogP contribution in [0.1, 0.15) is 17.0 Å². The van der Waals surface area contributed by atoms with Gasteiger partial charge in [-0.3, -0.25) is 0 Å². The summed E-state index contributed by atoms with van der Waals surface area (Å²) < 4.78 is 29.8. The molecule has 2 aromatic rings. The Morgan fingerprint density at radius 3 is 2.91 bits per heavy atom. The molecule has 1 atom stereocenters. The number of rotatable bonds is 5. The van der Waals surface area contributed by atoms with E-state index < -0.39 is 11.8 Å². The molecule has 3 rings (SSSR count). The lowest BCUT2D eigenvalue weighted by molar-refractivity contribution is 0.0663. The van der Waals surface area contributed by atoms with Crippen LogP contribution in [-0.4, -0.2) is 30.9 Å². The second-order valence-corrected chi connectivity index (χ2v) is 5.15. The maximum absolute atomic E-state index is 13.5. The van der Waals surface area contributed by atoms with Gasteiger partial charge in [-0.1, -0.05) is 0 Å². The molecular weight excluding hydrogens is 291 g/mol. The van der Waals surface area contributed by atoms with Crippen molar-refractivity contribution in [1.29, 1.82) is 0 Å². The average molecular weight is 306 g/mol. The minimum atomic E-state index is -1.17. The molecule has 0 spiro atoms. The van der Waals surface area contributed by atoms with Crippen molar-refractivity contribution in [3.63, 3.8) is 0 Å². The summed E-state index contributed by atoms with van der Waals surface area (Å²) >= 11 is 0. The molecule has 0 radical (unpaired) electrons. The molecule has 116 valence electrons. The van der Waals surface area contributed by atoms with Gasteiger partial charge >= 0.3 is 5.97 Å². The van der Waals surface area contributed by atoms with Gasteiger partial charge in [0.2, 0.25) is 5.76 Å². The fourth-order valence-electron chi connectivity index (χ4n) is 2.34. The normalized spacial score (nSPS) is 17.6. The molecule has 1 aromatic carbocycles. The van der Waals surface area contributed by atoms with Gasteiger partial charge in [0.15, 0.2) is 0 Å². The zero-order valence-corrected chi connectivity index (χ0v) is 11.8. The molecule has 0 aliphatic carbocycles. The van der Waals surface area contributed by atoms with Crippen LogP contribution in [0.5, 0.6) is 5.75 Å². The number of carboxylic acids is 1. The fourth-order valence-corrected chi connectivity index (χ4v) is 2.34. The van der Waals surface area contributed by atoms with Gasteiger partial charge in [-0.2, -0.15) is 0 Å². The number of carboxylic acid groups (broad SMARTS) is 1. The van der Waals surface area contributed by atoms with Crippen LogP contribution in [0.25, 0.3) is 11.3 Å². The van der Waals surface area contributed by atoms with Crippen LogP contribution in [0.2, 0.25) is 0 Å². The first kappa shape index (κ1) is 14.6. The van der Waals surface area contributed by atoms with Crippen molar-refractivity contribution in [3.05, 3.63) is 41.9 Å². The molecule has 2 heterocycles. The van der Waals surface area contributed by atoms with E-state index in [1.54, 1.807) is 0 Å². The SMILES string of the molecule is O=C(O)c1ccc(-c2cc(F)ccc2OCC2CCOC2)o1. The lowest BCUT2D eigenvalue weighted by atomic mass is 10.1. The van der Waals surface area contributed by atoms with E-state index in [9.17, 15) is 9.18 Å². The third-order valence-electron chi connectivity index (χ3n) is 3.52. The maximum Gasteiger partial charge on any atom is 0.371 e. The quantitative estimate of drug-likeness (QED) is 0.918. The first-order valence-corrected chi connectivity index (χ1v) is 6.97. The van der Waals surface area contributed by atoms with Crippen LogP contribution in [0.4, 0.5) is 4.39 Å². The molecule has 1 N–H and O–H groups in total. The summed E-state index contributed by atoms with van der Waals surface area (Å²) in [5.74, 6) is -0.791. The monoisotopic (exact) mass is 306 g/mol. The van der Waals surface area contributed by atoms with Gasteiger partial charge in [-0.05, 0) is 36.8 Å². The van der Waals surface area contributed by atoms with E-state index in [-0.39, 0.29) is 11.5 Å². The Hall–Kier alpha value is -2.34. The second kappa shape index (κ2) is 6.19. The highest BCUT2D eigenvalue weighted by Crippen LogP contribution is 2.33. The molecule has 0 bridgehead atoms. The molecule has 1 aliphatic rings. The van der Waals surface area contributed by atoms with Gasteiger partial charge in [0, 0.05) is 12.5 Å². The average Bonchev–Trinajstić information content (AvgIpc) is 3.17. The summed E-state index contributed by atoms with van der Waals surface area (Å²) in [5.41, 5.74) is 0.395. The minimum absolute atomic E-state index is 0.200. The first-order valence-electron chi connectivity index (χ1n) is 6.97. The Kier molecular flexibility index (Phi) is 4.11. The molecule has 0 saturated carbocycles. The Morgan fingerprint density at radius 1 is 1.36 bits per heavy atom. The van der Waals surface area contributed by atoms with E-state index in [4.69, 9.17) is 19.0 Å². The van der Waals surface area contributed by atoms with E-state index >= 15 is 0 Å². The zero-order valence-electron chi connectivity index (χ0n) is 11.8. The first-order chi connectivity index (χ1) is 10.6. The Morgan fingerprint density at radius 2 is 2.23 bits per heavy atom. The second-order valence-electron chi connectivity index (χ2n) is 5.15. The third kappa shape index (κ3) is 3.12. The summed E-state index contributed by atoms with van der Waals surface area (Å²) in [4.78, 5) is 10.9. The van der Waals surface area contributed by atoms with Crippen LogP contribution >= 0.6 is 0 Å². The lowest BCUT2D eigenvalue weighted by Gasteiger charge is -2.13. The van der Waals surface area contributed by atoms with Crippen molar-refractivity contribution in [2.75, 3.05) is 19.8 Å². The van der Waals surface area contributed by atoms with Crippen molar-refractivity contribution < 1.29 is 28.2 Å². The predicted octanol–water partition coefficient (Wildman–Crippen LogP) is 3.20. The molecule has 6 heteroatoms. The lowest BCUT2D eigenvalue weighted by Crippen LogP contribution is -2.12. The zero-order chi connectivity index (χ0) is 15.5. The van der Waals surface area contributed by atoms with Crippen LogP contribution < -0.4 is 4.74 Å². The number of ether oxygens (including phenoxy) is 2. The molecule has 1 unspecified atom stereocenters. The van der Waals surface area contributed by atoms with Crippen molar-refractivity contribution in [1.82, 2.24) is 0 Å². The predicted molar refractivity (Wildman–Crippen MR) is 75.5 cm³/mol. The summed E-state index contributed by atoms with van der Waals surface area (Å²) in [6, 6.07) is 6.90. The van der Waals surface area contributed by atoms with E-state index in [1.807, 2.05) is 0 Å². The third-order valence-corrected chi connectivity index (χ3v) is 3.52. The number of benzene rings is 1. The maximum atomic E-state index is 13.5. The molecule has 1 saturated heterocycles. The topological polar surface area (TPSA) is 68.9 Å². The summed E-state index contributed by atoms with van der Waals surface area (Å²) in [6.45, 7) is 1.84. The molecule has 1 aliphatic heterocycles. The van der Waals surface area contributed by atoms with E-state index in [2.05, 4.69) is 0 Å². The van der Waals surface area contributed by atoms with Gasteiger partial charge < -0.3 is 19.0 Å². The number of hydrogen-bond donors (Lipinski definition) is 1. The minimum Gasteiger partial charge on any atom is -0.492 e. The highest BCUT2D eigenvalue weighted by molar-refractivity contribution is 5.85. The van der Waals surface area contributed by atoms with E-state index in [0.717, 1.165) is 13.0 Å². The highest BCUT2D eigenvalue weighted by Gasteiger charge is 2.19. The number of carbonyl (C=O) groups is 1. The van der Waals surface area contributed by atoms with Crippen molar-refractivity contribution in [3.8, 4) is 17.1 Å². The van der Waals surface area contributed by atoms with Gasteiger partial charge in [0.05, 0.1) is 18.8 Å². The summed E-state index contributed by atoms with van der Waals surface area (Å²) in [7, 11) is 0. The Bertz CT molecular complexity index is 673.